The number of amides is 1. The van der Waals surface area contributed by atoms with Gasteiger partial charge in [-0.25, -0.2) is 12.8 Å². The van der Waals surface area contributed by atoms with Gasteiger partial charge in [0.1, 0.15) is 16.5 Å². The molecule has 1 amide bonds. The summed E-state index contributed by atoms with van der Waals surface area (Å²) in [6.45, 7) is 2.13. The Hall–Kier alpha value is -3.01. The summed E-state index contributed by atoms with van der Waals surface area (Å²) in [5, 5.41) is 0. The van der Waals surface area contributed by atoms with Gasteiger partial charge in [0.25, 0.3) is 0 Å². The summed E-state index contributed by atoms with van der Waals surface area (Å²) < 4.78 is 46.4. The molecule has 174 valence electrons. The quantitative estimate of drug-likeness (QED) is 0.505. The van der Waals surface area contributed by atoms with Gasteiger partial charge in [-0.2, -0.15) is 4.31 Å². The van der Waals surface area contributed by atoms with Gasteiger partial charge in [0.2, 0.25) is 15.9 Å². The number of nitrogens with zero attached hydrogens (tertiary/aromatic N) is 3. The minimum Gasteiger partial charge on any atom is -0.467 e. The number of benzene rings is 2. The first-order valence-corrected chi connectivity index (χ1v) is 12.2. The van der Waals surface area contributed by atoms with Crippen LogP contribution in [0.3, 0.4) is 0 Å². The van der Waals surface area contributed by atoms with Gasteiger partial charge in [-0.15, -0.1) is 0 Å². The SMILES string of the molecule is O=C(CN1CCN(S(=O)(=O)c2ccccc2F)CC1)N(Cc1ccccc1)Cc1ccco1. The molecule has 9 heteroatoms. The van der Waals surface area contributed by atoms with E-state index in [9.17, 15) is 17.6 Å². The normalized spacial score (nSPS) is 15.4. The van der Waals surface area contributed by atoms with Crippen LogP contribution in [0.4, 0.5) is 4.39 Å². The predicted octanol–water partition coefficient (Wildman–Crippen LogP) is 2.95. The Bertz CT molecular complexity index is 1160. The zero-order valence-corrected chi connectivity index (χ0v) is 19.0. The Balaban J connectivity index is 1.38. The molecular weight excluding hydrogens is 445 g/mol. The highest BCUT2D eigenvalue weighted by Crippen LogP contribution is 2.20. The molecular formula is C24H26FN3O4S. The molecule has 1 saturated heterocycles. The zero-order valence-electron chi connectivity index (χ0n) is 18.1. The maximum Gasteiger partial charge on any atom is 0.246 e. The van der Waals surface area contributed by atoms with Crippen molar-refractivity contribution in [3.63, 3.8) is 0 Å². The molecule has 33 heavy (non-hydrogen) atoms. The molecule has 3 aromatic rings. The van der Waals surface area contributed by atoms with Crippen molar-refractivity contribution in [1.29, 1.82) is 0 Å². The second-order valence-corrected chi connectivity index (χ2v) is 9.83. The average Bonchev–Trinajstić information content (AvgIpc) is 3.33. The molecule has 0 radical (unpaired) electrons. The monoisotopic (exact) mass is 471 g/mol. The smallest absolute Gasteiger partial charge is 0.246 e. The fourth-order valence-corrected chi connectivity index (χ4v) is 5.33. The van der Waals surface area contributed by atoms with Crippen molar-refractivity contribution in [2.45, 2.75) is 18.0 Å². The lowest BCUT2D eigenvalue weighted by Gasteiger charge is -2.34. The van der Waals surface area contributed by atoms with Crippen molar-refractivity contribution in [2.75, 3.05) is 32.7 Å². The molecule has 2 heterocycles. The van der Waals surface area contributed by atoms with Crippen molar-refractivity contribution in [2.24, 2.45) is 0 Å². The van der Waals surface area contributed by atoms with Crippen LogP contribution < -0.4 is 0 Å². The second-order valence-electron chi connectivity index (χ2n) is 7.93. The van der Waals surface area contributed by atoms with Crippen LogP contribution in [0.5, 0.6) is 0 Å². The van der Waals surface area contributed by atoms with Gasteiger partial charge in [0, 0.05) is 32.7 Å². The highest BCUT2D eigenvalue weighted by atomic mass is 32.2. The number of carbonyl (C=O) groups is 1. The van der Waals surface area contributed by atoms with E-state index < -0.39 is 15.8 Å². The van der Waals surface area contributed by atoms with Crippen LogP contribution in [0.2, 0.25) is 0 Å². The summed E-state index contributed by atoms with van der Waals surface area (Å²) >= 11 is 0. The number of hydrogen-bond acceptors (Lipinski definition) is 5. The molecule has 0 spiro atoms. The van der Waals surface area contributed by atoms with Crippen LogP contribution in [0.25, 0.3) is 0 Å². The van der Waals surface area contributed by atoms with Crippen LogP contribution >= 0.6 is 0 Å². The fraction of sp³-hybridized carbons (Fsp3) is 0.292. The number of piperazine rings is 1. The third kappa shape index (κ3) is 5.68. The first kappa shape index (κ1) is 23.2. The molecule has 1 aliphatic heterocycles. The molecule has 2 aromatic carbocycles. The van der Waals surface area contributed by atoms with Crippen LogP contribution in [0, 0.1) is 5.82 Å². The lowest BCUT2D eigenvalue weighted by Crippen LogP contribution is -2.51. The highest BCUT2D eigenvalue weighted by molar-refractivity contribution is 7.89. The molecule has 1 fully saturated rings. The van der Waals surface area contributed by atoms with Crippen molar-refractivity contribution in [3.8, 4) is 0 Å². The minimum atomic E-state index is -3.91. The Morgan fingerprint density at radius 2 is 1.61 bits per heavy atom. The van der Waals surface area contributed by atoms with E-state index >= 15 is 0 Å². The van der Waals surface area contributed by atoms with E-state index in [1.165, 1.54) is 22.5 Å². The third-order valence-electron chi connectivity index (χ3n) is 5.64. The Kier molecular flexibility index (Phi) is 7.22. The topological polar surface area (TPSA) is 74.1 Å². The van der Waals surface area contributed by atoms with Crippen molar-refractivity contribution in [3.05, 3.63) is 90.1 Å². The summed E-state index contributed by atoms with van der Waals surface area (Å²) in [6, 6.07) is 18.7. The van der Waals surface area contributed by atoms with Crippen LogP contribution in [0.1, 0.15) is 11.3 Å². The van der Waals surface area contributed by atoms with E-state index in [0.717, 1.165) is 11.6 Å². The first-order valence-electron chi connectivity index (χ1n) is 10.7. The average molecular weight is 472 g/mol. The van der Waals surface area contributed by atoms with Crippen molar-refractivity contribution in [1.82, 2.24) is 14.1 Å². The van der Waals surface area contributed by atoms with Crippen molar-refractivity contribution < 1.29 is 22.0 Å². The number of hydrogen-bond donors (Lipinski definition) is 0. The standard InChI is InChI=1S/C24H26FN3O4S/c25-22-10-4-5-11-23(22)33(30,31)28-14-12-26(13-15-28)19-24(29)27(18-21-9-6-16-32-21)17-20-7-2-1-3-8-20/h1-11,16H,12-15,17-19H2. The molecule has 0 atom stereocenters. The molecule has 1 aromatic heterocycles. The Morgan fingerprint density at radius 1 is 0.909 bits per heavy atom. The second kappa shape index (κ2) is 10.3. The van der Waals surface area contributed by atoms with Gasteiger partial charge in [-0.05, 0) is 29.8 Å². The molecule has 7 nitrogen and oxygen atoms in total. The molecule has 0 saturated carbocycles. The number of halogens is 1. The summed E-state index contributed by atoms with van der Waals surface area (Å²) in [4.78, 5) is 16.5. The number of carbonyl (C=O) groups excluding carboxylic acids is 1. The highest BCUT2D eigenvalue weighted by Gasteiger charge is 2.31. The van der Waals surface area contributed by atoms with Gasteiger partial charge >= 0.3 is 0 Å². The van der Waals surface area contributed by atoms with E-state index in [2.05, 4.69) is 0 Å². The summed E-state index contributed by atoms with van der Waals surface area (Å²) in [5.74, 6) is -0.134. The van der Waals surface area contributed by atoms with E-state index in [4.69, 9.17) is 4.42 Å². The van der Waals surface area contributed by atoms with Gasteiger partial charge < -0.3 is 9.32 Å². The Morgan fingerprint density at radius 3 is 2.27 bits per heavy atom. The van der Waals surface area contributed by atoms with E-state index in [1.807, 2.05) is 41.3 Å². The van der Waals surface area contributed by atoms with Gasteiger partial charge in [-0.1, -0.05) is 42.5 Å². The van der Waals surface area contributed by atoms with Crippen molar-refractivity contribution >= 4 is 15.9 Å². The largest absolute Gasteiger partial charge is 0.467 e. The molecule has 0 N–H and O–H groups in total. The summed E-state index contributed by atoms with van der Waals surface area (Å²) in [5.41, 5.74) is 1.01. The maximum atomic E-state index is 14.0. The maximum absolute atomic E-state index is 14.0. The van der Waals surface area contributed by atoms with Crippen LogP contribution in [-0.2, 0) is 27.9 Å². The number of furan rings is 1. The number of sulfonamides is 1. The lowest BCUT2D eigenvalue weighted by molar-refractivity contribution is -0.134. The summed E-state index contributed by atoms with van der Waals surface area (Å²) in [6.07, 6.45) is 1.58. The van der Waals surface area contributed by atoms with Gasteiger partial charge in [0.05, 0.1) is 19.4 Å². The van der Waals surface area contributed by atoms with E-state index in [-0.39, 0.29) is 30.4 Å². The third-order valence-corrected chi connectivity index (χ3v) is 7.57. The number of rotatable bonds is 8. The van der Waals surface area contributed by atoms with Crippen LogP contribution in [0.15, 0.2) is 82.3 Å². The Labute approximate surface area is 193 Å². The fourth-order valence-electron chi connectivity index (χ4n) is 3.84. The molecule has 4 rings (SSSR count). The molecule has 0 unspecified atom stereocenters. The van der Waals surface area contributed by atoms with E-state index in [1.54, 1.807) is 17.2 Å². The predicted molar refractivity (Wildman–Crippen MR) is 121 cm³/mol. The minimum absolute atomic E-state index is 0.0688. The summed E-state index contributed by atoms with van der Waals surface area (Å²) in [7, 11) is -3.91. The van der Waals surface area contributed by atoms with Gasteiger partial charge in [0.15, 0.2) is 0 Å². The van der Waals surface area contributed by atoms with Gasteiger partial charge in [-0.3, -0.25) is 9.69 Å². The zero-order chi connectivity index (χ0) is 23.3. The molecule has 0 aliphatic carbocycles. The molecule has 0 bridgehead atoms. The van der Waals surface area contributed by atoms with E-state index in [0.29, 0.717) is 31.9 Å². The first-order chi connectivity index (χ1) is 15.9. The molecule has 1 aliphatic rings. The van der Waals surface area contributed by atoms with Crippen LogP contribution in [-0.4, -0.2) is 61.2 Å². The lowest BCUT2D eigenvalue weighted by atomic mass is 10.2.